The number of rotatable bonds is 2. The van der Waals surface area contributed by atoms with E-state index in [0.717, 1.165) is 23.5 Å². The fourth-order valence-electron chi connectivity index (χ4n) is 2.93. The topological polar surface area (TPSA) is 61.5 Å². The average molecular weight is 295 g/mol. The maximum absolute atomic E-state index is 12.8. The van der Waals surface area contributed by atoms with Crippen LogP contribution in [0.2, 0.25) is 0 Å². The first-order valence-corrected chi connectivity index (χ1v) is 8.26. The molecule has 5 heteroatoms. The summed E-state index contributed by atoms with van der Waals surface area (Å²) in [6, 6.07) is 5.51. The van der Waals surface area contributed by atoms with E-state index in [9.17, 15) is 4.21 Å². The molecule has 0 saturated heterocycles. The predicted octanol–water partition coefficient (Wildman–Crippen LogP) is 2.08. The van der Waals surface area contributed by atoms with E-state index in [1.807, 2.05) is 18.2 Å². The minimum atomic E-state index is -1.09. The van der Waals surface area contributed by atoms with Gasteiger partial charge in [-0.15, -0.1) is 0 Å². The molecule has 0 radical (unpaired) electrons. The summed E-state index contributed by atoms with van der Waals surface area (Å²) in [6.07, 6.45) is 1.93. The summed E-state index contributed by atoms with van der Waals surface area (Å²) in [6.45, 7) is 5.41. The molecule has 3 rings (SSSR count). The lowest BCUT2D eigenvalue weighted by Crippen LogP contribution is -2.41. The second kappa shape index (κ2) is 5.04. The van der Waals surface area contributed by atoms with E-state index in [0.29, 0.717) is 19.0 Å². The fourth-order valence-corrected chi connectivity index (χ4v) is 4.67. The third kappa shape index (κ3) is 2.33. The Balaban J connectivity index is 1.84. The Hall–Kier alpha value is -1.07. The van der Waals surface area contributed by atoms with Crippen molar-refractivity contribution in [2.75, 3.05) is 13.2 Å². The lowest BCUT2D eigenvalue weighted by molar-refractivity contribution is 0.171. The summed E-state index contributed by atoms with van der Waals surface area (Å²) in [7, 11) is -1.09. The zero-order valence-electron chi connectivity index (χ0n) is 11.9. The van der Waals surface area contributed by atoms with Crippen LogP contribution in [0.3, 0.4) is 0 Å². The molecule has 2 N–H and O–H groups in total. The highest BCUT2D eigenvalue weighted by atomic mass is 32.2. The van der Waals surface area contributed by atoms with E-state index >= 15 is 0 Å². The molecule has 0 bridgehead atoms. The molecular weight excluding hydrogens is 274 g/mol. The zero-order valence-corrected chi connectivity index (χ0v) is 12.7. The van der Waals surface area contributed by atoms with Gasteiger partial charge < -0.3 is 15.2 Å². The highest BCUT2D eigenvalue weighted by Crippen LogP contribution is 2.41. The number of ether oxygens (including phenoxy) is 2. The van der Waals surface area contributed by atoms with E-state index in [2.05, 4.69) is 13.8 Å². The van der Waals surface area contributed by atoms with Crippen LogP contribution in [0.5, 0.6) is 11.5 Å². The highest BCUT2D eigenvalue weighted by Gasteiger charge is 2.42. The molecule has 1 aliphatic carbocycles. The van der Waals surface area contributed by atoms with Crippen LogP contribution in [0.25, 0.3) is 0 Å². The quantitative estimate of drug-likeness (QED) is 0.907. The molecule has 1 fully saturated rings. The van der Waals surface area contributed by atoms with E-state index in [4.69, 9.17) is 15.2 Å². The van der Waals surface area contributed by atoms with Gasteiger partial charge in [-0.05, 0) is 30.4 Å². The monoisotopic (exact) mass is 295 g/mol. The Morgan fingerprint density at radius 3 is 2.60 bits per heavy atom. The van der Waals surface area contributed by atoms with Gasteiger partial charge >= 0.3 is 0 Å². The third-order valence-corrected chi connectivity index (χ3v) is 6.19. The van der Waals surface area contributed by atoms with Gasteiger partial charge in [-0.25, -0.2) is 0 Å². The Kier molecular flexibility index (Phi) is 3.50. The van der Waals surface area contributed by atoms with Gasteiger partial charge in [0.25, 0.3) is 0 Å². The van der Waals surface area contributed by atoms with Crippen molar-refractivity contribution in [1.82, 2.24) is 0 Å². The molecular formula is C15H21NO3S. The van der Waals surface area contributed by atoms with Gasteiger partial charge in [-0.1, -0.05) is 13.8 Å². The maximum atomic E-state index is 12.8. The van der Waals surface area contributed by atoms with Crippen molar-refractivity contribution in [3.05, 3.63) is 18.2 Å². The molecule has 1 aliphatic heterocycles. The van der Waals surface area contributed by atoms with Gasteiger partial charge in [0, 0.05) is 17.0 Å². The number of fused-ring (bicyclic) bond motifs is 1. The first kappa shape index (κ1) is 13.9. The summed E-state index contributed by atoms with van der Waals surface area (Å²) < 4.78 is 23.8. The second-order valence-electron chi connectivity index (χ2n) is 6.19. The Labute approximate surface area is 122 Å². The third-order valence-electron chi connectivity index (χ3n) is 4.40. The minimum Gasteiger partial charge on any atom is -0.486 e. The largest absolute Gasteiger partial charge is 0.486 e. The standard InChI is InChI=1S/C15H21NO3S/c1-15(2)6-5-13(14(15)16)20(17)10-3-4-11-12(9-10)19-8-7-18-11/h3-4,9,13-14H,5-8,16H2,1-2H3. The van der Waals surface area contributed by atoms with E-state index in [-0.39, 0.29) is 16.7 Å². The zero-order chi connectivity index (χ0) is 14.3. The van der Waals surface area contributed by atoms with Crippen LogP contribution in [0.4, 0.5) is 0 Å². The molecule has 1 aromatic rings. The van der Waals surface area contributed by atoms with Crippen molar-refractivity contribution in [1.29, 1.82) is 0 Å². The highest BCUT2D eigenvalue weighted by molar-refractivity contribution is 7.85. The Bertz CT molecular complexity index is 544. The summed E-state index contributed by atoms with van der Waals surface area (Å²) in [5.41, 5.74) is 6.35. The van der Waals surface area contributed by atoms with Gasteiger partial charge in [0.15, 0.2) is 11.5 Å². The second-order valence-corrected chi connectivity index (χ2v) is 7.87. The van der Waals surface area contributed by atoms with Gasteiger partial charge in [0.2, 0.25) is 0 Å². The van der Waals surface area contributed by atoms with E-state index in [1.54, 1.807) is 0 Å². The Morgan fingerprint density at radius 1 is 1.25 bits per heavy atom. The molecule has 3 atom stereocenters. The molecule has 3 unspecified atom stereocenters. The average Bonchev–Trinajstić information content (AvgIpc) is 2.72. The smallest absolute Gasteiger partial charge is 0.162 e. The number of hydrogen-bond acceptors (Lipinski definition) is 4. The molecule has 0 aromatic heterocycles. The Morgan fingerprint density at radius 2 is 1.95 bits per heavy atom. The molecule has 2 aliphatic rings. The molecule has 1 saturated carbocycles. The van der Waals surface area contributed by atoms with Crippen LogP contribution >= 0.6 is 0 Å². The van der Waals surface area contributed by atoms with Crippen LogP contribution < -0.4 is 15.2 Å². The normalized spacial score (nSPS) is 29.1. The number of hydrogen-bond donors (Lipinski definition) is 1. The van der Waals surface area contributed by atoms with Crippen molar-refractivity contribution in [2.45, 2.75) is 42.9 Å². The molecule has 1 aromatic carbocycles. The minimum absolute atomic E-state index is 0.0209. The summed E-state index contributed by atoms with van der Waals surface area (Å²) in [5.74, 6) is 1.42. The van der Waals surface area contributed by atoms with Crippen molar-refractivity contribution >= 4 is 10.8 Å². The van der Waals surface area contributed by atoms with Gasteiger partial charge in [-0.3, -0.25) is 4.21 Å². The van der Waals surface area contributed by atoms with Crippen LogP contribution in [-0.2, 0) is 10.8 Å². The number of nitrogens with two attached hydrogens (primary N) is 1. The number of benzene rings is 1. The molecule has 20 heavy (non-hydrogen) atoms. The fraction of sp³-hybridized carbons (Fsp3) is 0.600. The van der Waals surface area contributed by atoms with Gasteiger partial charge in [0.05, 0.1) is 16.0 Å². The van der Waals surface area contributed by atoms with Crippen molar-refractivity contribution in [3.63, 3.8) is 0 Å². The summed E-state index contributed by atoms with van der Waals surface area (Å²) in [4.78, 5) is 0.785. The lowest BCUT2D eigenvalue weighted by Gasteiger charge is -2.26. The summed E-state index contributed by atoms with van der Waals surface area (Å²) in [5, 5.41) is 0.0209. The van der Waals surface area contributed by atoms with Crippen LogP contribution in [-0.4, -0.2) is 28.7 Å². The van der Waals surface area contributed by atoms with Crippen molar-refractivity contribution < 1.29 is 13.7 Å². The summed E-state index contributed by atoms with van der Waals surface area (Å²) >= 11 is 0. The van der Waals surface area contributed by atoms with Gasteiger partial charge in [-0.2, -0.15) is 0 Å². The van der Waals surface area contributed by atoms with E-state index in [1.165, 1.54) is 0 Å². The molecule has 1 heterocycles. The van der Waals surface area contributed by atoms with Crippen molar-refractivity contribution in [3.8, 4) is 11.5 Å². The predicted molar refractivity (Wildman–Crippen MR) is 78.6 cm³/mol. The van der Waals surface area contributed by atoms with E-state index < -0.39 is 10.8 Å². The van der Waals surface area contributed by atoms with Crippen molar-refractivity contribution in [2.24, 2.45) is 11.1 Å². The first-order chi connectivity index (χ1) is 9.49. The first-order valence-electron chi connectivity index (χ1n) is 7.05. The maximum Gasteiger partial charge on any atom is 0.162 e. The van der Waals surface area contributed by atoms with Crippen LogP contribution in [0.1, 0.15) is 26.7 Å². The van der Waals surface area contributed by atoms with Crippen LogP contribution in [0, 0.1) is 5.41 Å². The van der Waals surface area contributed by atoms with Crippen LogP contribution in [0.15, 0.2) is 23.1 Å². The van der Waals surface area contributed by atoms with Gasteiger partial charge in [0.1, 0.15) is 13.2 Å². The SMILES string of the molecule is CC1(C)CCC(S(=O)c2ccc3c(c2)OCCO3)C1N. The molecule has 0 spiro atoms. The molecule has 110 valence electrons. The lowest BCUT2D eigenvalue weighted by atomic mass is 9.88. The molecule has 0 amide bonds. The molecule has 4 nitrogen and oxygen atoms in total.